The second-order valence-electron chi connectivity index (χ2n) is 9.38. The van der Waals surface area contributed by atoms with Gasteiger partial charge in [0.2, 0.25) is 0 Å². The minimum atomic E-state index is -1.44. The Morgan fingerprint density at radius 3 is 1.88 bits per heavy atom. The van der Waals surface area contributed by atoms with Crippen LogP contribution in [0.5, 0.6) is 11.5 Å². The molecule has 0 aliphatic carbocycles. The average molecular weight is 547 g/mol. The van der Waals surface area contributed by atoms with Crippen molar-refractivity contribution in [1.29, 1.82) is 0 Å². The van der Waals surface area contributed by atoms with Crippen molar-refractivity contribution in [3.05, 3.63) is 129 Å². The molecule has 4 aromatic rings. The lowest BCUT2D eigenvalue weighted by Crippen LogP contribution is -2.40. The summed E-state index contributed by atoms with van der Waals surface area (Å²) in [5.74, 6) is 1.35. The molecule has 1 aliphatic heterocycles. The first kappa shape index (κ1) is 27.4. The first-order chi connectivity index (χ1) is 19.4. The molecule has 0 bridgehead atoms. The first-order valence-corrected chi connectivity index (χ1v) is 12.7. The standard InChI is InChI=1S/C30H30N2O8/c1-37-22-12-8-20(9-13-22)30(19-6-4-3-5-7-19,21-10-14-23(38-2)15-11-21)39-18-24-26(34)27(35)28(40-24)32-17-16-25(33)31-29(32)36/h3-17,24,26-28,34-35H,18H2,1-2H3,(H,31,33,36)/t24-,26?,27+,28-/m1/s1. The van der Waals surface area contributed by atoms with E-state index < -0.39 is 41.4 Å². The molecule has 3 aromatic carbocycles. The number of benzene rings is 3. The molecule has 208 valence electrons. The highest BCUT2D eigenvalue weighted by atomic mass is 16.6. The van der Waals surface area contributed by atoms with Gasteiger partial charge >= 0.3 is 5.69 Å². The van der Waals surface area contributed by atoms with E-state index in [2.05, 4.69) is 4.98 Å². The lowest BCUT2D eigenvalue weighted by Gasteiger charge is -2.37. The van der Waals surface area contributed by atoms with Crippen LogP contribution in [-0.4, -0.2) is 58.9 Å². The zero-order valence-corrected chi connectivity index (χ0v) is 22.0. The van der Waals surface area contributed by atoms with Gasteiger partial charge in [-0.3, -0.25) is 14.3 Å². The van der Waals surface area contributed by atoms with Crippen LogP contribution in [0.3, 0.4) is 0 Å². The number of nitrogens with one attached hydrogen (secondary N) is 1. The van der Waals surface area contributed by atoms with E-state index in [0.29, 0.717) is 11.5 Å². The highest BCUT2D eigenvalue weighted by molar-refractivity contribution is 5.49. The van der Waals surface area contributed by atoms with Crippen molar-refractivity contribution in [3.8, 4) is 11.5 Å². The number of aromatic nitrogens is 2. The maximum Gasteiger partial charge on any atom is 0.330 e. The van der Waals surface area contributed by atoms with Gasteiger partial charge in [-0.25, -0.2) is 4.79 Å². The molecule has 1 aliphatic rings. The Bertz CT molecular complexity index is 1490. The largest absolute Gasteiger partial charge is 0.497 e. The number of hydrogen-bond donors (Lipinski definition) is 3. The molecule has 10 heteroatoms. The summed E-state index contributed by atoms with van der Waals surface area (Å²) in [6, 6.07) is 25.7. The number of aromatic amines is 1. The summed E-state index contributed by atoms with van der Waals surface area (Å²) >= 11 is 0. The van der Waals surface area contributed by atoms with Crippen LogP contribution in [0, 0.1) is 0 Å². The predicted molar refractivity (Wildman–Crippen MR) is 146 cm³/mol. The Morgan fingerprint density at radius 1 is 0.800 bits per heavy atom. The molecular formula is C30H30N2O8. The molecule has 40 heavy (non-hydrogen) atoms. The fraction of sp³-hybridized carbons (Fsp3) is 0.267. The van der Waals surface area contributed by atoms with Crippen molar-refractivity contribution in [2.45, 2.75) is 30.1 Å². The number of ether oxygens (including phenoxy) is 4. The fourth-order valence-corrected chi connectivity index (χ4v) is 5.01. The molecule has 0 amide bonds. The van der Waals surface area contributed by atoms with Crippen molar-refractivity contribution in [1.82, 2.24) is 9.55 Å². The minimum Gasteiger partial charge on any atom is -0.497 e. The fourth-order valence-electron chi connectivity index (χ4n) is 5.01. The van der Waals surface area contributed by atoms with Crippen LogP contribution in [-0.2, 0) is 15.1 Å². The van der Waals surface area contributed by atoms with Gasteiger partial charge in [0.1, 0.15) is 35.4 Å². The Balaban J connectivity index is 1.56. The lowest BCUT2D eigenvalue weighted by atomic mass is 9.80. The van der Waals surface area contributed by atoms with Crippen molar-refractivity contribution in [3.63, 3.8) is 0 Å². The van der Waals surface area contributed by atoms with Gasteiger partial charge in [0.05, 0.1) is 20.8 Å². The summed E-state index contributed by atoms with van der Waals surface area (Å²) in [4.78, 5) is 26.0. The van der Waals surface area contributed by atoms with Gasteiger partial charge in [0, 0.05) is 12.3 Å². The van der Waals surface area contributed by atoms with Crippen LogP contribution in [0.2, 0.25) is 0 Å². The number of hydrogen-bond acceptors (Lipinski definition) is 8. The molecule has 1 unspecified atom stereocenters. The van der Waals surface area contributed by atoms with E-state index >= 15 is 0 Å². The molecule has 1 fully saturated rings. The third-order valence-electron chi connectivity index (χ3n) is 7.10. The molecule has 0 radical (unpaired) electrons. The predicted octanol–water partition coefficient (Wildman–Crippen LogP) is 2.18. The Hall–Kier alpha value is -4.22. The summed E-state index contributed by atoms with van der Waals surface area (Å²) in [5.41, 5.74) is -0.133. The van der Waals surface area contributed by atoms with E-state index in [1.54, 1.807) is 14.2 Å². The van der Waals surface area contributed by atoms with Crippen LogP contribution in [0.25, 0.3) is 0 Å². The van der Waals surface area contributed by atoms with Crippen molar-refractivity contribution in [2.75, 3.05) is 20.8 Å². The highest BCUT2D eigenvalue weighted by Gasteiger charge is 2.46. The Labute approximate surface area is 230 Å². The van der Waals surface area contributed by atoms with E-state index in [4.69, 9.17) is 18.9 Å². The van der Waals surface area contributed by atoms with Crippen molar-refractivity contribution >= 4 is 0 Å². The molecule has 1 saturated heterocycles. The maximum atomic E-state index is 12.3. The molecule has 0 spiro atoms. The molecule has 0 saturated carbocycles. The van der Waals surface area contributed by atoms with E-state index in [1.165, 1.54) is 6.20 Å². The normalized spacial score (nSPS) is 20.8. The average Bonchev–Trinajstić information content (AvgIpc) is 3.27. The van der Waals surface area contributed by atoms with E-state index in [0.717, 1.165) is 27.3 Å². The molecule has 1 aromatic heterocycles. The quantitative estimate of drug-likeness (QED) is 0.272. The zero-order valence-electron chi connectivity index (χ0n) is 22.0. The number of aliphatic hydroxyl groups is 2. The number of methoxy groups -OCH3 is 2. The van der Waals surface area contributed by atoms with Gasteiger partial charge in [-0.15, -0.1) is 0 Å². The highest BCUT2D eigenvalue weighted by Crippen LogP contribution is 2.42. The lowest BCUT2D eigenvalue weighted by molar-refractivity contribution is -0.0958. The summed E-state index contributed by atoms with van der Waals surface area (Å²) in [7, 11) is 3.18. The summed E-state index contributed by atoms with van der Waals surface area (Å²) in [6.45, 7) is -0.153. The van der Waals surface area contributed by atoms with E-state index in [-0.39, 0.29) is 6.61 Å². The second kappa shape index (κ2) is 11.5. The topological polar surface area (TPSA) is 132 Å². The van der Waals surface area contributed by atoms with Crippen LogP contribution < -0.4 is 20.7 Å². The summed E-state index contributed by atoms with van der Waals surface area (Å²) in [6.07, 6.45) is -3.82. The molecular weight excluding hydrogens is 516 g/mol. The van der Waals surface area contributed by atoms with E-state index in [1.807, 2.05) is 78.9 Å². The van der Waals surface area contributed by atoms with Crippen LogP contribution in [0.4, 0.5) is 0 Å². The van der Waals surface area contributed by atoms with Gasteiger partial charge in [0.15, 0.2) is 6.23 Å². The van der Waals surface area contributed by atoms with Crippen LogP contribution >= 0.6 is 0 Å². The number of rotatable bonds is 9. The third-order valence-corrected chi connectivity index (χ3v) is 7.10. The maximum absolute atomic E-state index is 12.3. The monoisotopic (exact) mass is 546 g/mol. The zero-order chi connectivity index (χ0) is 28.3. The third kappa shape index (κ3) is 5.05. The Kier molecular flexibility index (Phi) is 7.85. The van der Waals surface area contributed by atoms with E-state index in [9.17, 15) is 19.8 Å². The van der Waals surface area contributed by atoms with Gasteiger partial charge in [0.25, 0.3) is 5.56 Å². The summed E-state index contributed by atoms with van der Waals surface area (Å²) < 4.78 is 24.5. The SMILES string of the molecule is COc1ccc(C(OC[C@H]2O[C@@H](n3ccc(=O)[nH]c3=O)[C@@H](O)C2O)(c2ccccc2)c2ccc(OC)cc2)cc1. The van der Waals surface area contributed by atoms with Crippen molar-refractivity contribution in [2.24, 2.45) is 0 Å². The smallest absolute Gasteiger partial charge is 0.330 e. The van der Waals surface area contributed by atoms with Crippen LogP contribution in [0.1, 0.15) is 22.9 Å². The van der Waals surface area contributed by atoms with Crippen molar-refractivity contribution < 1.29 is 29.2 Å². The molecule has 2 heterocycles. The van der Waals surface area contributed by atoms with Gasteiger partial charge < -0.3 is 29.2 Å². The molecule has 3 N–H and O–H groups in total. The molecule has 5 rings (SSSR count). The minimum absolute atomic E-state index is 0.153. The number of nitrogens with zero attached hydrogens (tertiary/aromatic N) is 1. The summed E-state index contributed by atoms with van der Waals surface area (Å²) in [5, 5.41) is 21.7. The van der Waals surface area contributed by atoms with Gasteiger partial charge in [-0.05, 0) is 41.0 Å². The molecule has 10 nitrogen and oxygen atoms in total. The van der Waals surface area contributed by atoms with Gasteiger partial charge in [-0.2, -0.15) is 0 Å². The molecule has 4 atom stereocenters. The second-order valence-corrected chi connectivity index (χ2v) is 9.38. The number of aliphatic hydroxyl groups excluding tert-OH is 2. The Morgan fingerprint density at radius 2 is 1.35 bits per heavy atom. The first-order valence-electron chi connectivity index (χ1n) is 12.7. The number of H-pyrrole nitrogens is 1. The van der Waals surface area contributed by atoms with Crippen LogP contribution in [0.15, 0.2) is 101 Å². The van der Waals surface area contributed by atoms with Gasteiger partial charge in [-0.1, -0.05) is 54.6 Å².